The van der Waals surface area contributed by atoms with Crippen molar-refractivity contribution in [2.24, 2.45) is 0 Å². The van der Waals surface area contributed by atoms with E-state index in [-0.39, 0.29) is 5.63 Å². The molecule has 136 valence electrons. The van der Waals surface area contributed by atoms with Crippen molar-refractivity contribution in [3.63, 3.8) is 0 Å². The number of quaternary nitrogens is 1. The summed E-state index contributed by atoms with van der Waals surface area (Å²) in [6, 6.07) is 10.8. The van der Waals surface area contributed by atoms with E-state index in [4.69, 9.17) is 32.4 Å². The largest absolute Gasteiger partial charge is 0.496 e. The molecule has 0 saturated carbocycles. The molecule has 1 N–H and O–H groups in total. The van der Waals surface area contributed by atoms with Gasteiger partial charge in [-0.1, -0.05) is 23.2 Å². The Balaban J connectivity index is 1.92. The van der Waals surface area contributed by atoms with Crippen LogP contribution in [0.2, 0.25) is 10.0 Å². The van der Waals surface area contributed by atoms with Gasteiger partial charge in [0, 0.05) is 32.6 Å². The van der Waals surface area contributed by atoms with Crippen molar-refractivity contribution in [1.82, 2.24) is 0 Å². The molecule has 3 aromatic rings. The summed E-state index contributed by atoms with van der Waals surface area (Å²) < 4.78 is 10.7. The molecule has 1 unspecified atom stereocenters. The van der Waals surface area contributed by atoms with Crippen LogP contribution in [0.15, 0.2) is 45.6 Å². The molecule has 0 aliphatic carbocycles. The zero-order valence-corrected chi connectivity index (χ0v) is 16.4. The van der Waals surface area contributed by atoms with Gasteiger partial charge >= 0.3 is 5.63 Å². The van der Waals surface area contributed by atoms with Gasteiger partial charge in [-0.25, -0.2) is 4.79 Å². The van der Waals surface area contributed by atoms with Gasteiger partial charge < -0.3 is 14.1 Å². The summed E-state index contributed by atoms with van der Waals surface area (Å²) in [4.78, 5) is 13.1. The SMILES string of the molecule is COc1ccc(Cl)cc1C[NH+](C)Cc1cc(=O)oc2cc(C)c(Cl)cc12. The molecule has 0 aliphatic heterocycles. The van der Waals surface area contributed by atoms with Crippen molar-refractivity contribution in [3.05, 3.63) is 73.6 Å². The normalized spacial score (nSPS) is 12.3. The molecule has 0 spiro atoms. The van der Waals surface area contributed by atoms with Crippen LogP contribution in [-0.2, 0) is 13.1 Å². The lowest BCUT2D eigenvalue weighted by atomic mass is 10.1. The van der Waals surface area contributed by atoms with Gasteiger partial charge in [-0.3, -0.25) is 0 Å². The molecule has 4 nitrogen and oxygen atoms in total. The maximum absolute atomic E-state index is 11.9. The molecule has 0 amide bonds. The number of halogens is 2. The number of fused-ring (bicyclic) bond motifs is 1. The Morgan fingerprint density at radius 2 is 1.81 bits per heavy atom. The summed E-state index contributed by atoms with van der Waals surface area (Å²) in [6.07, 6.45) is 0. The lowest BCUT2D eigenvalue weighted by Gasteiger charge is -2.17. The van der Waals surface area contributed by atoms with Gasteiger partial charge in [0.05, 0.1) is 14.2 Å². The van der Waals surface area contributed by atoms with Gasteiger partial charge in [-0.15, -0.1) is 0 Å². The average Bonchev–Trinajstić information content (AvgIpc) is 2.57. The number of rotatable bonds is 5. The van der Waals surface area contributed by atoms with E-state index < -0.39 is 0 Å². The van der Waals surface area contributed by atoms with Crippen LogP contribution in [0.3, 0.4) is 0 Å². The maximum atomic E-state index is 11.9. The second kappa shape index (κ2) is 7.70. The predicted octanol–water partition coefficient (Wildman–Crippen LogP) is 3.63. The van der Waals surface area contributed by atoms with E-state index in [1.54, 1.807) is 19.2 Å². The highest BCUT2D eigenvalue weighted by Crippen LogP contribution is 2.25. The van der Waals surface area contributed by atoms with E-state index in [0.717, 1.165) is 27.8 Å². The van der Waals surface area contributed by atoms with E-state index in [9.17, 15) is 4.79 Å². The molecular formula is C20H20Cl2NO3+. The molecule has 26 heavy (non-hydrogen) atoms. The van der Waals surface area contributed by atoms with Gasteiger partial charge in [0.1, 0.15) is 24.4 Å². The van der Waals surface area contributed by atoms with Gasteiger partial charge in [-0.05, 0) is 42.8 Å². The second-order valence-electron chi connectivity index (χ2n) is 6.46. The maximum Gasteiger partial charge on any atom is 0.336 e. The van der Waals surface area contributed by atoms with Crippen LogP contribution in [0.4, 0.5) is 0 Å². The fourth-order valence-corrected chi connectivity index (χ4v) is 3.45. The molecule has 1 atom stereocenters. The number of nitrogens with one attached hydrogen (secondary N) is 1. The minimum Gasteiger partial charge on any atom is -0.496 e. The lowest BCUT2D eigenvalue weighted by Crippen LogP contribution is -3.06. The number of aryl methyl sites for hydroxylation is 1. The van der Waals surface area contributed by atoms with Gasteiger partial charge in [-0.2, -0.15) is 0 Å². The summed E-state index contributed by atoms with van der Waals surface area (Å²) >= 11 is 12.4. The van der Waals surface area contributed by atoms with Crippen LogP contribution in [-0.4, -0.2) is 14.2 Å². The van der Waals surface area contributed by atoms with E-state index in [1.165, 1.54) is 11.0 Å². The van der Waals surface area contributed by atoms with Crippen LogP contribution < -0.4 is 15.3 Å². The van der Waals surface area contributed by atoms with E-state index in [1.807, 2.05) is 25.1 Å². The first-order valence-corrected chi connectivity index (χ1v) is 8.99. The Bertz CT molecular complexity index is 1010. The third kappa shape index (κ3) is 4.04. The minimum atomic E-state index is -0.359. The van der Waals surface area contributed by atoms with Crippen LogP contribution in [0.25, 0.3) is 11.0 Å². The molecule has 0 fully saturated rings. The van der Waals surface area contributed by atoms with Crippen LogP contribution >= 0.6 is 23.2 Å². The van der Waals surface area contributed by atoms with Crippen molar-refractivity contribution in [2.45, 2.75) is 20.0 Å². The van der Waals surface area contributed by atoms with Crippen molar-refractivity contribution in [2.75, 3.05) is 14.2 Å². The molecule has 3 rings (SSSR count). The molecule has 0 radical (unpaired) electrons. The van der Waals surface area contributed by atoms with E-state index in [0.29, 0.717) is 28.7 Å². The quantitative estimate of drug-likeness (QED) is 0.674. The van der Waals surface area contributed by atoms with Crippen molar-refractivity contribution in [3.8, 4) is 5.75 Å². The summed E-state index contributed by atoms with van der Waals surface area (Å²) in [5.74, 6) is 0.796. The van der Waals surface area contributed by atoms with Crippen LogP contribution in [0, 0.1) is 6.92 Å². The number of ether oxygens (including phenoxy) is 1. The van der Waals surface area contributed by atoms with Crippen molar-refractivity contribution >= 4 is 34.2 Å². The third-order valence-corrected chi connectivity index (χ3v) is 4.98. The van der Waals surface area contributed by atoms with Gasteiger partial charge in [0.25, 0.3) is 0 Å². The number of hydrogen-bond acceptors (Lipinski definition) is 3. The summed E-state index contributed by atoms with van der Waals surface area (Å²) in [5.41, 5.74) is 2.99. The molecule has 0 bridgehead atoms. The van der Waals surface area contributed by atoms with Gasteiger partial charge in [0.2, 0.25) is 0 Å². The molecule has 1 heterocycles. The first kappa shape index (κ1) is 18.8. The van der Waals surface area contributed by atoms with Crippen LogP contribution in [0.1, 0.15) is 16.7 Å². The highest BCUT2D eigenvalue weighted by atomic mass is 35.5. The molecule has 1 aromatic heterocycles. The monoisotopic (exact) mass is 392 g/mol. The first-order valence-electron chi connectivity index (χ1n) is 8.24. The van der Waals surface area contributed by atoms with Gasteiger partial charge in [0.15, 0.2) is 0 Å². The second-order valence-corrected chi connectivity index (χ2v) is 7.30. The first-order chi connectivity index (χ1) is 12.4. The van der Waals surface area contributed by atoms with Crippen molar-refractivity contribution in [1.29, 1.82) is 0 Å². The predicted molar refractivity (Wildman–Crippen MR) is 105 cm³/mol. The Morgan fingerprint density at radius 1 is 1.08 bits per heavy atom. The summed E-state index contributed by atoms with van der Waals surface area (Å²) in [6.45, 7) is 3.22. The Labute approximate surface area is 161 Å². The molecule has 6 heteroatoms. The topological polar surface area (TPSA) is 43.9 Å². The smallest absolute Gasteiger partial charge is 0.336 e. The molecule has 2 aromatic carbocycles. The number of methoxy groups -OCH3 is 1. The zero-order chi connectivity index (χ0) is 18.8. The zero-order valence-electron chi connectivity index (χ0n) is 14.9. The van der Waals surface area contributed by atoms with Crippen LogP contribution in [0.5, 0.6) is 5.75 Å². The number of hydrogen-bond donors (Lipinski definition) is 1. The Hall–Kier alpha value is -2.01. The fraction of sp³-hybridized carbons (Fsp3) is 0.250. The van der Waals surface area contributed by atoms with Crippen molar-refractivity contribution < 1.29 is 14.1 Å². The minimum absolute atomic E-state index is 0.359. The average molecular weight is 393 g/mol. The molecule has 0 aliphatic rings. The molecule has 0 saturated heterocycles. The fourth-order valence-electron chi connectivity index (χ4n) is 3.09. The third-order valence-electron chi connectivity index (χ3n) is 4.34. The Morgan fingerprint density at radius 3 is 2.54 bits per heavy atom. The highest BCUT2D eigenvalue weighted by Gasteiger charge is 2.15. The summed E-state index contributed by atoms with van der Waals surface area (Å²) in [5, 5.41) is 2.18. The van der Waals surface area contributed by atoms with E-state index in [2.05, 4.69) is 7.05 Å². The summed E-state index contributed by atoms with van der Waals surface area (Å²) in [7, 11) is 3.69. The lowest BCUT2D eigenvalue weighted by molar-refractivity contribution is -0.907. The van der Waals surface area contributed by atoms with E-state index >= 15 is 0 Å². The molecular weight excluding hydrogens is 373 g/mol. The number of benzene rings is 2. The highest BCUT2D eigenvalue weighted by molar-refractivity contribution is 6.32. The Kier molecular flexibility index (Phi) is 5.56. The standard InChI is InChI=1S/C20H19Cl2NO3/c1-12-6-19-16(9-17(12)22)13(8-20(24)26-19)10-23(2)11-14-7-15(21)4-5-18(14)25-3/h4-9H,10-11H2,1-3H3/p+1.